The summed E-state index contributed by atoms with van der Waals surface area (Å²) in [5.41, 5.74) is 1.90. The molecule has 4 heterocycles. The van der Waals surface area contributed by atoms with Crippen molar-refractivity contribution in [1.82, 2.24) is 24.9 Å². The first-order valence-electron chi connectivity index (χ1n) is 11.0. The Balaban J connectivity index is 1.31. The number of rotatable bonds is 7. The highest BCUT2D eigenvalue weighted by Gasteiger charge is 2.18. The van der Waals surface area contributed by atoms with Gasteiger partial charge >= 0.3 is 12.1 Å². The molecule has 1 atom stereocenters. The number of hydrogen-bond donors (Lipinski definition) is 2. The Labute approximate surface area is 223 Å². The summed E-state index contributed by atoms with van der Waals surface area (Å²) in [7, 11) is 1.55. The van der Waals surface area contributed by atoms with Crippen molar-refractivity contribution in [2.24, 2.45) is 0 Å². The zero-order valence-corrected chi connectivity index (χ0v) is 21.4. The Morgan fingerprint density at radius 2 is 1.95 bits per heavy atom. The first-order chi connectivity index (χ1) is 18.3. The van der Waals surface area contributed by atoms with Crippen molar-refractivity contribution in [3.8, 4) is 28.2 Å². The third-order valence-electron chi connectivity index (χ3n) is 5.14. The molecular weight excluding hydrogens is 539 g/mol. The molecule has 0 aliphatic heterocycles. The Morgan fingerprint density at radius 3 is 2.71 bits per heavy atom. The first-order valence-corrected chi connectivity index (χ1v) is 12.2. The van der Waals surface area contributed by atoms with Crippen LogP contribution in [0.2, 0.25) is 5.02 Å². The summed E-state index contributed by atoms with van der Waals surface area (Å²) in [6.07, 6.45) is 2.47. The number of hydrogen-bond acceptors (Lipinski definition) is 11. The van der Waals surface area contributed by atoms with Crippen LogP contribution in [0.5, 0.6) is 17.6 Å². The number of nitrogens with zero attached hydrogens (tertiary/aromatic N) is 5. The predicted molar refractivity (Wildman–Crippen MR) is 138 cm³/mol. The minimum atomic E-state index is -0.800. The monoisotopic (exact) mass is 556 g/mol. The standard InChI is InChI=1S/C24H18ClFN6O5S/c1-11(37-24(34)30-14-7-28-23(33)29-8-14)10-36-20-17(26)6-18-22(32-20)38-21(31-18)16-5-13(25)3-12-4-15(35-2)9-27-19(12)16/h3-9,11H,10H2,1-2H3,(H,30,34)(H,28,29,33)/t11-/m1/s1. The van der Waals surface area contributed by atoms with E-state index in [1.165, 1.54) is 29.8 Å². The maximum Gasteiger partial charge on any atom is 0.412 e. The summed E-state index contributed by atoms with van der Waals surface area (Å²) in [5.74, 6) is -0.383. The van der Waals surface area contributed by atoms with E-state index in [0.29, 0.717) is 37.2 Å². The van der Waals surface area contributed by atoms with Gasteiger partial charge in [-0.25, -0.2) is 24.1 Å². The second kappa shape index (κ2) is 10.6. The quantitative estimate of drug-likeness (QED) is 0.274. The van der Waals surface area contributed by atoms with Gasteiger partial charge in [0.1, 0.15) is 33.8 Å². The van der Waals surface area contributed by atoms with E-state index in [4.69, 9.17) is 30.9 Å². The van der Waals surface area contributed by atoms with Crippen molar-refractivity contribution in [3.05, 3.63) is 53.7 Å². The number of methoxy groups -OCH3 is 1. The smallest absolute Gasteiger partial charge is 0.412 e. The predicted octanol–water partition coefficient (Wildman–Crippen LogP) is 5.22. The number of carbonyl (C=O) groups is 1. The fraction of sp³-hybridized carbons (Fsp3) is 0.167. The van der Waals surface area contributed by atoms with Crippen LogP contribution in [-0.4, -0.2) is 55.9 Å². The van der Waals surface area contributed by atoms with E-state index in [-0.39, 0.29) is 18.2 Å². The molecule has 0 spiro atoms. The molecule has 0 radical (unpaired) electrons. The maximum atomic E-state index is 14.7. The number of fused-ring (bicyclic) bond motifs is 2. The number of nitrogens with one attached hydrogen (secondary N) is 1. The lowest BCUT2D eigenvalue weighted by Gasteiger charge is -2.14. The Bertz CT molecular complexity index is 1650. The van der Waals surface area contributed by atoms with Crippen molar-refractivity contribution in [1.29, 1.82) is 0 Å². The average Bonchev–Trinajstić information content (AvgIpc) is 3.30. The van der Waals surface area contributed by atoms with Crippen molar-refractivity contribution in [2.45, 2.75) is 13.0 Å². The number of halogens is 2. The molecule has 1 aromatic carbocycles. The number of thiazole rings is 1. The Kier molecular flexibility index (Phi) is 7.03. The first kappa shape index (κ1) is 25.3. The largest absolute Gasteiger partial charge is 0.495 e. The molecule has 14 heteroatoms. The second-order valence-electron chi connectivity index (χ2n) is 7.94. The van der Waals surface area contributed by atoms with Gasteiger partial charge in [-0.1, -0.05) is 22.9 Å². The van der Waals surface area contributed by atoms with E-state index < -0.39 is 24.0 Å². The number of benzene rings is 1. The van der Waals surface area contributed by atoms with E-state index in [9.17, 15) is 9.18 Å². The Morgan fingerprint density at radius 1 is 1.16 bits per heavy atom. The van der Waals surface area contributed by atoms with Crippen LogP contribution >= 0.6 is 22.9 Å². The van der Waals surface area contributed by atoms with Crippen LogP contribution in [-0.2, 0) is 4.74 Å². The Hall–Kier alpha value is -4.36. The van der Waals surface area contributed by atoms with Crippen LogP contribution in [0.15, 0.2) is 42.9 Å². The lowest BCUT2D eigenvalue weighted by Crippen LogP contribution is -2.25. The summed E-state index contributed by atoms with van der Waals surface area (Å²) < 4.78 is 30.7. The van der Waals surface area contributed by atoms with Gasteiger partial charge in [0.05, 0.1) is 36.9 Å². The molecule has 0 fully saturated rings. The summed E-state index contributed by atoms with van der Waals surface area (Å²) >= 11 is 7.56. The topological polar surface area (TPSA) is 141 Å². The van der Waals surface area contributed by atoms with Gasteiger partial charge in [0.2, 0.25) is 0 Å². The molecule has 38 heavy (non-hydrogen) atoms. The van der Waals surface area contributed by atoms with Crippen molar-refractivity contribution >= 4 is 56.0 Å². The molecule has 5 rings (SSSR count). The SMILES string of the molecule is COc1cnc2c(-c3nc4cc(F)c(OC[C@@H](C)OC(=O)Nc5cnc(O)nc5)nc4s3)cc(Cl)cc2c1. The molecule has 194 valence electrons. The van der Waals surface area contributed by atoms with Gasteiger partial charge < -0.3 is 19.3 Å². The third-order valence-corrected chi connectivity index (χ3v) is 6.36. The summed E-state index contributed by atoms with van der Waals surface area (Å²) in [6.45, 7) is 1.41. The van der Waals surface area contributed by atoms with Crippen LogP contribution < -0.4 is 14.8 Å². The lowest BCUT2D eigenvalue weighted by atomic mass is 10.1. The number of ether oxygens (including phenoxy) is 3. The van der Waals surface area contributed by atoms with Gasteiger partial charge in [0.25, 0.3) is 5.88 Å². The van der Waals surface area contributed by atoms with E-state index >= 15 is 0 Å². The highest BCUT2D eigenvalue weighted by molar-refractivity contribution is 7.21. The van der Waals surface area contributed by atoms with E-state index in [2.05, 4.69) is 30.2 Å². The highest BCUT2D eigenvalue weighted by atomic mass is 35.5. The van der Waals surface area contributed by atoms with E-state index in [1.54, 1.807) is 32.4 Å². The molecule has 0 aliphatic rings. The molecule has 0 saturated heterocycles. The molecule has 4 aromatic heterocycles. The number of anilines is 1. The number of aromatic hydroxyl groups is 1. The number of amides is 1. The molecule has 0 saturated carbocycles. The molecular formula is C24H18ClFN6O5S. The van der Waals surface area contributed by atoms with Crippen LogP contribution in [0.25, 0.3) is 31.8 Å². The van der Waals surface area contributed by atoms with Gasteiger partial charge in [0, 0.05) is 22.0 Å². The molecule has 2 N–H and O–H groups in total. The van der Waals surface area contributed by atoms with Crippen LogP contribution in [0.1, 0.15) is 6.92 Å². The molecule has 11 nitrogen and oxygen atoms in total. The number of pyridine rings is 2. The van der Waals surface area contributed by atoms with Gasteiger partial charge in [-0.3, -0.25) is 10.3 Å². The van der Waals surface area contributed by atoms with E-state index in [0.717, 1.165) is 5.39 Å². The second-order valence-corrected chi connectivity index (χ2v) is 9.36. The third kappa shape index (κ3) is 5.48. The lowest BCUT2D eigenvalue weighted by molar-refractivity contribution is 0.0827. The molecule has 0 aliphatic carbocycles. The number of aromatic nitrogens is 5. The van der Waals surface area contributed by atoms with Crippen LogP contribution in [0.4, 0.5) is 14.9 Å². The maximum absolute atomic E-state index is 14.7. The van der Waals surface area contributed by atoms with E-state index in [1.807, 2.05) is 6.07 Å². The van der Waals surface area contributed by atoms with Crippen LogP contribution in [0, 0.1) is 5.82 Å². The van der Waals surface area contributed by atoms with Crippen LogP contribution in [0.3, 0.4) is 0 Å². The molecule has 5 aromatic rings. The summed E-state index contributed by atoms with van der Waals surface area (Å²) in [4.78, 5) is 32.8. The summed E-state index contributed by atoms with van der Waals surface area (Å²) in [5, 5.41) is 13.3. The van der Waals surface area contributed by atoms with Gasteiger partial charge in [-0.2, -0.15) is 4.98 Å². The molecule has 0 unspecified atom stereocenters. The van der Waals surface area contributed by atoms with Gasteiger partial charge in [-0.05, 0) is 25.1 Å². The fourth-order valence-electron chi connectivity index (χ4n) is 3.46. The molecule has 1 amide bonds. The highest BCUT2D eigenvalue weighted by Crippen LogP contribution is 2.37. The van der Waals surface area contributed by atoms with Crippen molar-refractivity contribution in [2.75, 3.05) is 19.0 Å². The number of carbonyl (C=O) groups excluding carboxylic acids is 1. The molecule has 0 bridgehead atoms. The average molecular weight is 557 g/mol. The minimum absolute atomic E-state index is 0.161. The fourth-order valence-corrected chi connectivity index (χ4v) is 4.61. The van der Waals surface area contributed by atoms with Gasteiger partial charge in [-0.15, -0.1) is 0 Å². The normalized spacial score (nSPS) is 11.9. The van der Waals surface area contributed by atoms with Crippen molar-refractivity contribution in [3.63, 3.8) is 0 Å². The zero-order chi connectivity index (χ0) is 26.8. The van der Waals surface area contributed by atoms with Crippen molar-refractivity contribution < 1.29 is 28.5 Å². The zero-order valence-electron chi connectivity index (χ0n) is 19.8. The summed E-state index contributed by atoms with van der Waals surface area (Å²) in [6, 6.07) is 6.13. The minimum Gasteiger partial charge on any atom is -0.495 e. The van der Waals surface area contributed by atoms with Gasteiger partial charge in [0.15, 0.2) is 5.82 Å².